The lowest BCUT2D eigenvalue weighted by molar-refractivity contribution is -0.123. The molecule has 0 radical (unpaired) electrons. The number of carbonyl (C=O) groups is 3. The second kappa shape index (κ2) is 21.4. The van der Waals surface area contributed by atoms with Crippen molar-refractivity contribution in [2.24, 2.45) is 0 Å². The minimum Gasteiger partial charge on any atom is -0.443 e. The van der Waals surface area contributed by atoms with Crippen LogP contribution in [0.4, 0.5) is 21.0 Å². The van der Waals surface area contributed by atoms with Crippen molar-refractivity contribution < 1.29 is 23.9 Å². The maximum Gasteiger partial charge on any atom is 0.419 e. The largest absolute Gasteiger partial charge is 0.443 e. The molecule has 2 saturated heterocycles. The minimum atomic E-state index is -0.855. The van der Waals surface area contributed by atoms with E-state index in [2.05, 4.69) is 88.7 Å². The molecule has 0 bridgehead atoms. The summed E-state index contributed by atoms with van der Waals surface area (Å²) in [5, 5.41) is 9.83. The zero-order valence-electron chi connectivity index (χ0n) is 46.1. The summed E-state index contributed by atoms with van der Waals surface area (Å²) in [6, 6.07) is 30.5. The lowest BCUT2D eigenvalue weighted by Crippen LogP contribution is -2.45. The summed E-state index contributed by atoms with van der Waals surface area (Å²) in [5.41, 5.74) is 9.87. The van der Waals surface area contributed by atoms with Crippen molar-refractivity contribution in [3.05, 3.63) is 165 Å². The first-order valence-corrected chi connectivity index (χ1v) is 28.3. The van der Waals surface area contributed by atoms with E-state index in [4.69, 9.17) is 32.7 Å². The Morgan fingerprint density at radius 3 is 1.29 bits per heavy atom. The number of pyridine rings is 2. The number of nitrogens with zero attached hydrogens (tertiary/aromatic N) is 8. The van der Waals surface area contributed by atoms with Crippen molar-refractivity contribution in [3.63, 3.8) is 0 Å². The molecule has 412 valence electrons. The summed E-state index contributed by atoms with van der Waals surface area (Å²) in [6.07, 6.45) is 6.28. The number of rotatable bonds is 10. The number of hydrogen-bond donors (Lipinski definition) is 2. The lowest BCUT2D eigenvalue weighted by Gasteiger charge is -2.36. The summed E-state index contributed by atoms with van der Waals surface area (Å²) >= 11 is 14.1. The van der Waals surface area contributed by atoms with Gasteiger partial charge in [0.15, 0.2) is 5.78 Å². The average molecular weight is 1110 g/mol. The van der Waals surface area contributed by atoms with Crippen molar-refractivity contribution >= 4 is 74.4 Å². The van der Waals surface area contributed by atoms with Crippen LogP contribution in [-0.4, -0.2) is 110 Å². The molecule has 4 aromatic heterocycles. The van der Waals surface area contributed by atoms with Gasteiger partial charge in [-0.05, 0) is 148 Å². The number of piperazine rings is 2. The average Bonchev–Trinajstić information content (AvgIpc) is 4.29. The molecule has 4 aliphatic heterocycles. The van der Waals surface area contributed by atoms with Crippen LogP contribution in [0.5, 0.6) is 0 Å². The van der Waals surface area contributed by atoms with E-state index in [0.717, 1.165) is 98.5 Å². The Kier molecular flexibility index (Phi) is 14.3. The molecule has 4 aliphatic rings. The topological polar surface area (TPSA) is 142 Å². The van der Waals surface area contributed by atoms with Crippen molar-refractivity contribution in [2.45, 2.75) is 91.0 Å². The first kappa shape index (κ1) is 53.5. The van der Waals surface area contributed by atoms with E-state index in [1.54, 1.807) is 9.13 Å². The molecule has 15 nitrogen and oxygen atoms in total. The van der Waals surface area contributed by atoms with E-state index >= 15 is 4.79 Å². The molecule has 8 aromatic rings. The van der Waals surface area contributed by atoms with E-state index in [1.165, 1.54) is 11.4 Å². The van der Waals surface area contributed by atoms with Gasteiger partial charge in [0.25, 0.3) is 0 Å². The van der Waals surface area contributed by atoms with Crippen molar-refractivity contribution in [1.29, 1.82) is 0 Å². The number of hydrogen-bond acceptors (Lipinski definition) is 13. The van der Waals surface area contributed by atoms with Crippen LogP contribution in [0, 0.1) is 0 Å². The summed E-state index contributed by atoms with van der Waals surface area (Å²) in [6.45, 7) is 20.5. The van der Waals surface area contributed by atoms with E-state index in [1.807, 2.05) is 115 Å². The normalized spacial score (nSPS) is 18.0. The molecule has 80 heavy (non-hydrogen) atoms. The molecular weight excluding hydrogens is 1050 g/mol. The number of ether oxygens (including phenoxy) is 2. The molecule has 0 amide bonds. The molecule has 2 fully saturated rings. The highest BCUT2D eigenvalue weighted by atomic mass is 35.5. The van der Waals surface area contributed by atoms with Crippen molar-refractivity contribution in [2.75, 3.05) is 62.2 Å². The second-order valence-corrected chi connectivity index (χ2v) is 24.2. The quantitative estimate of drug-likeness (QED) is 0.134. The molecule has 2 unspecified atom stereocenters. The van der Waals surface area contributed by atoms with Crippen LogP contribution in [0.3, 0.4) is 0 Å². The Labute approximate surface area is 476 Å². The third kappa shape index (κ3) is 10.6. The molecule has 0 saturated carbocycles. The molecule has 8 heterocycles. The number of aromatic nitrogens is 4. The number of fused-ring (bicyclic) bond motifs is 4. The molecule has 0 spiro atoms. The third-order valence-corrected chi connectivity index (χ3v) is 16.5. The van der Waals surface area contributed by atoms with Crippen LogP contribution < -0.4 is 20.4 Å². The summed E-state index contributed by atoms with van der Waals surface area (Å²) in [7, 11) is 0. The minimum absolute atomic E-state index is 0.160. The van der Waals surface area contributed by atoms with Crippen LogP contribution in [0.1, 0.15) is 87.0 Å². The molecule has 2 N–H and O–H groups in total. The summed E-state index contributed by atoms with van der Waals surface area (Å²) < 4.78 is 15.5. The molecule has 17 heteroatoms. The fraction of sp³-hybridized carbons (Fsp3) is 0.349. The predicted octanol–water partition coefficient (Wildman–Crippen LogP) is 11.8. The summed E-state index contributed by atoms with van der Waals surface area (Å²) in [5.74, 6) is -0.160. The number of nitrogens with one attached hydrogen (secondary N) is 2. The number of benzene rings is 4. The monoisotopic (exact) mass is 1110 g/mol. The molecule has 0 aliphatic carbocycles. The number of halogens is 2. The maximum atomic E-state index is 15.8. The first-order valence-electron chi connectivity index (χ1n) is 27.6. The fourth-order valence-electron chi connectivity index (χ4n) is 12.1. The first-order chi connectivity index (χ1) is 38.4. The van der Waals surface area contributed by atoms with Gasteiger partial charge >= 0.3 is 12.2 Å². The Morgan fingerprint density at radius 1 is 0.525 bits per heavy atom. The van der Waals surface area contributed by atoms with Gasteiger partial charge in [-0.15, -0.1) is 0 Å². The van der Waals surface area contributed by atoms with E-state index in [-0.39, 0.29) is 5.78 Å². The van der Waals surface area contributed by atoms with Gasteiger partial charge < -0.3 is 19.3 Å². The number of anilines is 2. The van der Waals surface area contributed by atoms with Gasteiger partial charge in [-0.25, -0.2) is 18.7 Å². The molecule has 12 rings (SSSR count). The fourth-order valence-corrected chi connectivity index (χ4v) is 12.6. The molecular formula is C63H66Cl2N10O5. The van der Waals surface area contributed by atoms with Crippen LogP contribution in [0.2, 0.25) is 10.0 Å². The second-order valence-electron chi connectivity index (χ2n) is 23.4. The highest BCUT2D eigenvalue weighted by molar-refractivity contribution is 6.32. The van der Waals surface area contributed by atoms with E-state index < -0.39 is 35.5 Å². The lowest BCUT2D eigenvalue weighted by atomic mass is 9.87. The van der Waals surface area contributed by atoms with Gasteiger partial charge in [-0.2, -0.15) is 0 Å². The van der Waals surface area contributed by atoms with Gasteiger partial charge in [0.2, 0.25) is 0 Å². The Bertz CT molecular complexity index is 3450. The van der Waals surface area contributed by atoms with Gasteiger partial charge in [-0.1, -0.05) is 47.5 Å². The molecule has 2 atom stereocenters. The van der Waals surface area contributed by atoms with Crippen molar-refractivity contribution in [1.82, 2.24) is 39.5 Å². The highest BCUT2D eigenvalue weighted by Gasteiger charge is 2.42. The van der Waals surface area contributed by atoms with Crippen molar-refractivity contribution in [3.8, 4) is 22.5 Å². The van der Waals surface area contributed by atoms with Crippen LogP contribution in [0.15, 0.2) is 122 Å². The number of ketones is 1. The Balaban J connectivity index is 0.882. The SMILES string of the molecule is CC(C)(C)OC(=O)n1c(-c2ccc(Cl)c3c2C(C(=O)C2NCc4c(Cl)ccc(-c5cc6cc(CN7CCN(c8ccncc8)CC7)ccc6n5C(=O)OC(C)(C)C)c42)NC3)cc2cc(CN3CCN(c4ccncc4)CC3)ccc21. The van der Waals surface area contributed by atoms with E-state index in [9.17, 15) is 9.59 Å². The Hall–Kier alpha value is -7.11. The zero-order valence-corrected chi connectivity index (χ0v) is 47.6. The van der Waals surface area contributed by atoms with Gasteiger partial charge in [0.1, 0.15) is 11.2 Å². The third-order valence-electron chi connectivity index (χ3n) is 15.8. The van der Waals surface area contributed by atoms with Crippen LogP contribution in [-0.2, 0) is 40.4 Å². The predicted molar refractivity (Wildman–Crippen MR) is 316 cm³/mol. The van der Waals surface area contributed by atoms with E-state index in [0.29, 0.717) is 67.8 Å². The standard InChI is InChI=1S/C63H66Cl2N10O5/c1-62(2,3)79-60(77)74-51-13-7-39(37-70-23-27-72(28-24-70)43-15-19-66-20-16-43)31-41(51)33-53(74)45-9-11-49(64)47-35-68-57(55(45)47)59(76)58-56-46(10-12-50(65)48(56)36-69-58)54-34-42-32-40(8-14-52(42)75(54)61(78)80-63(4,5)6)38-71-25-29-73(30-26-71)44-17-21-67-22-18-44/h7-22,31-34,57-58,68-69H,23-30,35-38H2,1-6H3. The van der Waals surface area contributed by atoms with Crippen LogP contribution >= 0.6 is 23.2 Å². The summed E-state index contributed by atoms with van der Waals surface area (Å²) in [4.78, 5) is 62.9. The molecule has 4 aromatic carbocycles. The maximum absolute atomic E-state index is 15.8. The Morgan fingerprint density at radius 2 is 0.912 bits per heavy atom. The smallest absolute Gasteiger partial charge is 0.419 e. The zero-order chi connectivity index (χ0) is 55.6. The number of Topliss-reactive ketones (excluding diaryl/α,β-unsaturated/α-hetero) is 1. The van der Waals surface area contributed by atoms with Gasteiger partial charge in [0, 0.05) is 147 Å². The van der Waals surface area contributed by atoms with Gasteiger partial charge in [0.05, 0.1) is 34.5 Å². The number of carbonyl (C=O) groups excluding carboxylic acids is 3. The van der Waals surface area contributed by atoms with Gasteiger partial charge in [-0.3, -0.25) is 35.2 Å². The highest BCUT2D eigenvalue weighted by Crippen LogP contribution is 2.47. The van der Waals surface area contributed by atoms with Crippen LogP contribution in [0.25, 0.3) is 44.3 Å².